The number of likely N-dealkylation sites (N-methyl/N-ethyl adjacent to an activating group) is 1. The molecule has 1 aromatic heterocycles. The molecular formula is C16H30N4O. The Balaban J connectivity index is 3.12. The molecule has 1 rings (SSSR count). The van der Waals surface area contributed by atoms with Gasteiger partial charge in [0.2, 0.25) is 5.88 Å². The third-order valence-electron chi connectivity index (χ3n) is 3.78. The second-order valence-electron chi connectivity index (χ2n) is 7.32. The van der Waals surface area contributed by atoms with Crippen LogP contribution in [0.2, 0.25) is 0 Å². The zero-order valence-corrected chi connectivity index (χ0v) is 15.0. The molecule has 5 nitrogen and oxygen atoms in total. The summed E-state index contributed by atoms with van der Waals surface area (Å²) < 4.78 is 6.01. The number of hydrogen-bond acceptors (Lipinski definition) is 5. The zero-order valence-electron chi connectivity index (χ0n) is 15.0. The Morgan fingerprint density at radius 1 is 1.10 bits per heavy atom. The fourth-order valence-corrected chi connectivity index (χ4v) is 1.59. The quantitative estimate of drug-likeness (QED) is 0.905. The molecule has 0 amide bonds. The van der Waals surface area contributed by atoms with Crippen LogP contribution in [0.4, 0.5) is 5.82 Å². The lowest BCUT2D eigenvalue weighted by Crippen LogP contribution is -2.43. The van der Waals surface area contributed by atoms with Gasteiger partial charge in [-0.05, 0) is 34.9 Å². The number of rotatable bonds is 5. The van der Waals surface area contributed by atoms with Crippen LogP contribution in [0, 0.1) is 6.92 Å². The summed E-state index contributed by atoms with van der Waals surface area (Å²) in [6.45, 7) is 13.2. The van der Waals surface area contributed by atoms with E-state index < -0.39 is 0 Å². The lowest BCUT2D eigenvalue weighted by Gasteiger charge is -2.32. The van der Waals surface area contributed by atoms with Crippen molar-refractivity contribution in [1.29, 1.82) is 0 Å². The highest BCUT2D eigenvalue weighted by molar-refractivity contribution is 5.48. The van der Waals surface area contributed by atoms with Gasteiger partial charge in [0.15, 0.2) is 0 Å². The van der Waals surface area contributed by atoms with Crippen molar-refractivity contribution in [2.45, 2.75) is 52.5 Å². The van der Waals surface area contributed by atoms with Gasteiger partial charge >= 0.3 is 0 Å². The van der Waals surface area contributed by atoms with E-state index in [1.807, 2.05) is 14.0 Å². The molecule has 0 aliphatic carbocycles. The van der Waals surface area contributed by atoms with E-state index in [0.29, 0.717) is 12.5 Å². The summed E-state index contributed by atoms with van der Waals surface area (Å²) in [6, 6.07) is 0. The van der Waals surface area contributed by atoms with Gasteiger partial charge in [-0.3, -0.25) is 0 Å². The van der Waals surface area contributed by atoms with E-state index in [4.69, 9.17) is 4.74 Å². The maximum atomic E-state index is 6.01. The Kier molecular flexibility index (Phi) is 5.20. The molecule has 0 aliphatic rings. The number of aromatic nitrogens is 2. The van der Waals surface area contributed by atoms with E-state index in [2.05, 4.69) is 68.9 Å². The predicted octanol–water partition coefficient (Wildman–Crippen LogP) is 2.84. The molecule has 0 aliphatic heterocycles. The molecule has 0 atom stereocenters. The molecule has 0 radical (unpaired) electrons. The summed E-state index contributed by atoms with van der Waals surface area (Å²) in [5, 5.41) is 3.13. The lowest BCUT2D eigenvalue weighted by molar-refractivity contribution is 0.110. The summed E-state index contributed by atoms with van der Waals surface area (Å²) in [5.74, 6) is 2.27. The molecule has 1 N–H and O–H groups in total. The van der Waals surface area contributed by atoms with Crippen LogP contribution < -0.4 is 10.1 Å². The van der Waals surface area contributed by atoms with Crippen LogP contribution in [0.25, 0.3) is 0 Å². The summed E-state index contributed by atoms with van der Waals surface area (Å²) >= 11 is 0. The smallest absolute Gasteiger partial charge is 0.221 e. The van der Waals surface area contributed by atoms with E-state index in [0.717, 1.165) is 17.2 Å². The highest BCUT2D eigenvalue weighted by atomic mass is 16.5. The average Bonchev–Trinajstić information content (AvgIpc) is 2.36. The molecule has 0 saturated heterocycles. The molecule has 0 fully saturated rings. The number of nitrogens with one attached hydrogen (secondary N) is 1. The maximum Gasteiger partial charge on any atom is 0.221 e. The van der Waals surface area contributed by atoms with Crippen molar-refractivity contribution in [3.63, 3.8) is 0 Å². The van der Waals surface area contributed by atoms with Crippen molar-refractivity contribution in [2.75, 3.05) is 33.1 Å². The normalized spacial score (nSPS) is 12.7. The molecule has 0 spiro atoms. The minimum absolute atomic E-state index is 0.0565. The van der Waals surface area contributed by atoms with Crippen LogP contribution >= 0.6 is 0 Å². The van der Waals surface area contributed by atoms with Gasteiger partial charge < -0.3 is 15.0 Å². The highest BCUT2D eigenvalue weighted by Gasteiger charge is 2.25. The Morgan fingerprint density at radius 3 is 2.10 bits per heavy atom. The average molecular weight is 294 g/mol. The Hall–Kier alpha value is -1.36. The van der Waals surface area contributed by atoms with Crippen LogP contribution in [-0.4, -0.2) is 48.2 Å². The largest absolute Gasteiger partial charge is 0.475 e. The number of ether oxygens (including phenoxy) is 1. The first-order chi connectivity index (χ1) is 9.49. The third kappa shape index (κ3) is 4.30. The first-order valence-electron chi connectivity index (χ1n) is 7.36. The fourth-order valence-electron chi connectivity index (χ4n) is 1.59. The van der Waals surface area contributed by atoms with Crippen molar-refractivity contribution in [2.24, 2.45) is 0 Å². The van der Waals surface area contributed by atoms with Crippen LogP contribution in [0.1, 0.15) is 46.0 Å². The van der Waals surface area contributed by atoms with Gasteiger partial charge in [0.05, 0.1) is 5.56 Å². The van der Waals surface area contributed by atoms with E-state index in [-0.39, 0.29) is 11.0 Å². The molecule has 120 valence electrons. The molecule has 0 bridgehead atoms. The van der Waals surface area contributed by atoms with Gasteiger partial charge in [-0.2, -0.15) is 4.98 Å². The molecular weight excluding hydrogens is 264 g/mol. The van der Waals surface area contributed by atoms with Gasteiger partial charge in [0, 0.05) is 18.0 Å². The van der Waals surface area contributed by atoms with Crippen LogP contribution in [-0.2, 0) is 5.41 Å². The van der Waals surface area contributed by atoms with Crippen molar-refractivity contribution >= 4 is 5.82 Å². The van der Waals surface area contributed by atoms with Gasteiger partial charge in [-0.1, -0.05) is 20.8 Å². The monoisotopic (exact) mass is 294 g/mol. The van der Waals surface area contributed by atoms with Gasteiger partial charge in [-0.25, -0.2) is 4.98 Å². The van der Waals surface area contributed by atoms with E-state index in [9.17, 15) is 0 Å². The van der Waals surface area contributed by atoms with E-state index in [1.165, 1.54) is 0 Å². The minimum Gasteiger partial charge on any atom is -0.475 e. The molecule has 0 saturated carbocycles. The Bertz CT molecular complexity index is 490. The number of anilines is 1. The molecule has 21 heavy (non-hydrogen) atoms. The van der Waals surface area contributed by atoms with Crippen molar-refractivity contribution in [3.8, 4) is 5.88 Å². The Morgan fingerprint density at radius 2 is 1.67 bits per heavy atom. The first kappa shape index (κ1) is 17.7. The molecule has 1 heterocycles. The van der Waals surface area contributed by atoms with Crippen LogP contribution in [0.15, 0.2) is 0 Å². The second kappa shape index (κ2) is 6.18. The summed E-state index contributed by atoms with van der Waals surface area (Å²) in [5.41, 5.74) is 0.771. The van der Waals surface area contributed by atoms with Gasteiger partial charge in [-0.15, -0.1) is 0 Å². The van der Waals surface area contributed by atoms with Crippen molar-refractivity contribution < 1.29 is 4.74 Å². The van der Waals surface area contributed by atoms with Crippen molar-refractivity contribution in [1.82, 2.24) is 14.9 Å². The first-order valence-corrected chi connectivity index (χ1v) is 7.36. The second-order valence-corrected chi connectivity index (χ2v) is 7.32. The van der Waals surface area contributed by atoms with E-state index >= 15 is 0 Å². The van der Waals surface area contributed by atoms with Crippen LogP contribution in [0.5, 0.6) is 5.88 Å². The molecule has 0 aromatic carbocycles. The fraction of sp³-hybridized carbons (Fsp3) is 0.750. The standard InChI is InChI=1S/C16H30N4O/c1-11-12(17-7)18-14(15(2,3)4)19-13(11)21-10-16(5,6)20(8)9/h10H2,1-9H3,(H,17,18,19). The number of hydrogen-bond donors (Lipinski definition) is 1. The topological polar surface area (TPSA) is 50.3 Å². The minimum atomic E-state index is -0.117. The third-order valence-corrected chi connectivity index (χ3v) is 3.78. The van der Waals surface area contributed by atoms with Gasteiger partial charge in [0.1, 0.15) is 18.2 Å². The molecule has 1 aromatic rings. The van der Waals surface area contributed by atoms with Gasteiger partial charge in [0.25, 0.3) is 0 Å². The summed E-state index contributed by atoms with van der Waals surface area (Å²) in [6.07, 6.45) is 0. The maximum absolute atomic E-state index is 6.01. The van der Waals surface area contributed by atoms with Crippen molar-refractivity contribution in [3.05, 3.63) is 11.4 Å². The summed E-state index contributed by atoms with van der Waals surface area (Å²) in [7, 11) is 5.97. The van der Waals surface area contributed by atoms with E-state index in [1.54, 1.807) is 0 Å². The number of nitrogens with zero attached hydrogens (tertiary/aromatic N) is 3. The highest BCUT2D eigenvalue weighted by Crippen LogP contribution is 2.28. The SMILES string of the molecule is CNc1nc(C(C)(C)C)nc(OCC(C)(C)N(C)C)c1C. The zero-order chi connectivity index (χ0) is 16.4. The van der Waals surface area contributed by atoms with Crippen LogP contribution in [0.3, 0.4) is 0 Å². The molecule has 5 heteroatoms. The summed E-state index contributed by atoms with van der Waals surface area (Å²) in [4.78, 5) is 11.4. The lowest BCUT2D eigenvalue weighted by atomic mass is 9.95. The molecule has 0 unspecified atom stereocenters. The Labute approximate surface area is 129 Å². The predicted molar refractivity (Wildman–Crippen MR) is 88.3 cm³/mol.